The van der Waals surface area contributed by atoms with Gasteiger partial charge in [0.2, 0.25) is 0 Å². The number of aryl methyl sites for hydroxylation is 1. The van der Waals surface area contributed by atoms with Crippen molar-refractivity contribution >= 4 is 38.3 Å². The van der Waals surface area contributed by atoms with Gasteiger partial charge in [0.1, 0.15) is 10.5 Å². The zero-order valence-electron chi connectivity index (χ0n) is 16.0. The summed E-state index contributed by atoms with van der Waals surface area (Å²) in [6.07, 6.45) is 4.18. The molecule has 0 saturated carbocycles. The molecule has 0 saturated heterocycles. The number of thiazole rings is 1. The summed E-state index contributed by atoms with van der Waals surface area (Å²) in [4.78, 5) is 18.0. The Bertz CT molecular complexity index is 1510. The third-order valence-corrected chi connectivity index (χ3v) is 6.52. The molecule has 1 aliphatic heterocycles. The Balaban J connectivity index is 1.43. The average molecular weight is 416 g/mol. The van der Waals surface area contributed by atoms with Gasteiger partial charge in [-0.25, -0.2) is 9.67 Å². The number of azo groups is 1. The molecule has 30 heavy (non-hydrogen) atoms. The number of hydrogen-bond acceptors (Lipinski definition) is 7. The topological polar surface area (TPSA) is 106 Å². The van der Waals surface area contributed by atoms with E-state index in [1.807, 2.05) is 35.9 Å². The van der Waals surface area contributed by atoms with Crippen LogP contribution in [0.1, 0.15) is 21.8 Å². The predicted octanol–water partition coefficient (Wildman–Crippen LogP) is 3.30. The van der Waals surface area contributed by atoms with Crippen molar-refractivity contribution < 1.29 is 0 Å². The van der Waals surface area contributed by atoms with Crippen LogP contribution in [0.25, 0.3) is 21.3 Å². The number of nitrogens with one attached hydrogen (secondary N) is 1. The zero-order chi connectivity index (χ0) is 20.2. The number of H-pyrrole nitrogens is 1. The Morgan fingerprint density at radius 1 is 1.27 bits per heavy atom. The van der Waals surface area contributed by atoms with Crippen molar-refractivity contribution in [3.63, 3.8) is 0 Å². The molecular formula is C20H16N8OS. The van der Waals surface area contributed by atoms with Crippen molar-refractivity contribution in [1.82, 2.24) is 29.5 Å². The molecule has 0 amide bonds. The van der Waals surface area contributed by atoms with Crippen LogP contribution in [0.4, 0.5) is 5.69 Å². The minimum Gasteiger partial charge on any atom is -0.323 e. The molecule has 0 spiro atoms. The van der Waals surface area contributed by atoms with Crippen LogP contribution in [0, 0.1) is 0 Å². The molecule has 0 aliphatic carbocycles. The van der Waals surface area contributed by atoms with E-state index in [0.717, 1.165) is 43.2 Å². The molecule has 0 atom stereocenters. The SMILES string of the molecule is Cn1c2nc(Cc3ccn[nH]3)sc2c2cnn(Cc3cccc4c3CN=N4)c(=O)c21. The summed E-state index contributed by atoms with van der Waals surface area (Å²) < 4.78 is 4.36. The fourth-order valence-corrected chi connectivity index (χ4v) is 5.08. The van der Waals surface area contributed by atoms with E-state index in [1.54, 1.807) is 23.7 Å². The normalized spacial score (nSPS) is 13.0. The smallest absolute Gasteiger partial charge is 0.291 e. The van der Waals surface area contributed by atoms with Crippen LogP contribution >= 0.6 is 11.3 Å². The van der Waals surface area contributed by atoms with Crippen LogP contribution in [0.5, 0.6) is 0 Å². The number of hydrogen-bond donors (Lipinski definition) is 1. The molecule has 0 fully saturated rings. The van der Waals surface area contributed by atoms with Crippen LogP contribution in [0.3, 0.4) is 0 Å². The Morgan fingerprint density at radius 2 is 2.20 bits per heavy atom. The summed E-state index contributed by atoms with van der Waals surface area (Å²) in [6, 6.07) is 7.81. The van der Waals surface area contributed by atoms with Gasteiger partial charge < -0.3 is 4.57 Å². The minimum atomic E-state index is -0.125. The van der Waals surface area contributed by atoms with Gasteiger partial charge in [0.05, 0.1) is 29.7 Å². The monoisotopic (exact) mass is 416 g/mol. The zero-order valence-corrected chi connectivity index (χ0v) is 16.8. The third kappa shape index (κ3) is 2.53. The molecule has 0 radical (unpaired) electrons. The van der Waals surface area contributed by atoms with Crippen LogP contribution in [-0.4, -0.2) is 29.5 Å². The molecular weight excluding hydrogens is 400 g/mol. The second-order valence-corrected chi connectivity index (χ2v) is 8.35. The van der Waals surface area contributed by atoms with E-state index in [-0.39, 0.29) is 5.56 Å². The lowest BCUT2D eigenvalue weighted by molar-refractivity contribution is 0.640. The quantitative estimate of drug-likeness (QED) is 0.485. The van der Waals surface area contributed by atoms with Gasteiger partial charge in [-0.1, -0.05) is 12.1 Å². The molecule has 1 aliphatic rings. The van der Waals surface area contributed by atoms with Crippen LogP contribution < -0.4 is 5.56 Å². The fourth-order valence-electron chi connectivity index (χ4n) is 3.96. The third-order valence-electron chi connectivity index (χ3n) is 5.45. The Kier molecular flexibility index (Phi) is 3.69. The van der Waals surface area contributed by atoms with E-state index < -0.39 is 0 Å². The summed E-state index contributed by atoms with van der Waals surface area (Å²) in [5.74, 6) is 0. The lowest BCUT2D eigenvalue weighted by Gasteiger charge is -2.09. The van der Waals surface area contributed by atoms with Crippen molar-refractivity contribution in [2.45, 2.75) is 19.5 Å². The number of aromatic amines is 1. The highest BCUT2D eigenvalue weighted by molar-refractivity contribution is 7.19. The van der Waals surface area contributed by atoms with Gasteiger partial charge in [-0.3, -0.25) is 9.89 Å². The molecule has 6 rings (SSSR count). The fraction of sp³-hybridized carbons (Fsp3) is 0.200. The second kappa shape index (κ2) is 6.42. The predicted molar refractivity (Wildman–Crippen MR) is 113 cm³/mol. The molecule has 0 bridgehead atoms. The number of nitrogens with zero attached hydrogens (tertiary/aromatic N) is 7. The minimum absolute atomic E-state index is 0.125. The van der Waals surface area contributed by atoms with Crippen LogP contribution in [0.2, 0.25) is 0 Å². The van der Waals surface area contributed by atoms with Gasteiger partial charge in [-0.15, -0.1) is 11.3 Å². The van der Waals surface area contributed by atoms with Crippen LogP contribution in [0.15, 0.2) is 51.7 Å². The molecule has 5 aromatic rings. The largest absolute Gasteiger partial charge is 0.323 e. The van der Waals surface area contributed by atoms with E-state index in [1.165, 1.54) is 4.68 Å². The van der Waals surface area contributed by atoms with E-state index in [4.69, 9.17) is 4.98 Å². The Hall–Kier alpha value is -3.66. The highest BCUT2D eigenvalue weighted by Crippen LogP contribution is 2.32. The van der Waals surface area contributed by atoms with Gasteiger partial charge >= 0.3 is 0 Å². The Morgan fingerprint density at radius 3 is 3.07 bits per heavy atom. The highest BCUT2D eigenvalue weighted by Gasteiger charge is 2.19. The molecule has 5 heterocycles. The van der Waals surface area contributed by atoms with Crippen LogP contribution in [-0.2, 0) is 26.6 Å². The number of fused-ring (bicyclic) bond motifs is 4. The van der Waals surface area contributed by atoms with Gasteiger partial charge in [0, 0.05) is 36.3 Å². The lowest BCUT2D eigenvalue weighted by Crippen LogP contribution is -2.25. The van der Waals surface area contributed by atoms with Crippen molar-refractivity contribution in [3.05, 3.63) is 68.8 Å². The molecule has 148 valence electrons. The van der Waals surface area contributed by atoms with Crippen molar-refractivity contribution in [2.75, 3.05) is 0 Å². The first-order valence-corrected chi connectivity index (χ1v) is 10.3. The summed E-state index contributed by atoms with van der Waals surface area (Å²) >= 11 is 1.59. The van der Waals surface area contributed by atoms with Gasteiger partial charge in [0.15, 0.2) is 5.65 Å². The lowest BCUT2D eigenvalue weighted by atomic mass is 10.1. The maximum atomic E-state index is 13.3. The van der Waals surface area contributed by atoms with Gasteiger partial charge in [-0.2, -0.15) is 20.4 Å². The molecule has 0 unspecified atom stereocenters. The van der Waals surface area contributed by atoms with Gasteiger partial charge in [0.25, 0.3) is 5.56 Å². The first-order valence-electron chi connectivity index (χ1n) is 9.49. The molecule has 10 heteroatoms. The second-order valence-electron chi connectivity index (χ2n) is 7.26. The maximum Gasteiger partial charge on any atom is 0.291 e. The highest BCUT2D eigenvalue weighted by atomic mass is 32.1. The standard InChI is InChI=1S/C20H16N8OS/c1-27-17-14(18-19(27)24-16(30-18)7-12-5-6-21-25-12)9-23-28(20(17)29)10-11-3-2-4-15-13(11)8-22-26-15/h2-6,9H,7-8,10H2,1H3,(H,21,25). The number of rotatable bonds is 4. The van der Waals surface area contributed by atoms with Crippen molar-refractivity contribution in [3.8, 4) is 0 Å². The average Bonchev–Trinajstić information content (AvgIpc) is 3.52. The molecule has 1 N–H and O–H groups in total. The summed E-state index contributed by atoms with van der Waals surface area (Å²) in [5.41, 5.74) is 5.25. The van der Waals surface area contributed by atoms with E-state index in [0.29, 0.717) is 25.0 Å². The maximum absolute atomic E-state index is 13.3. The summed E-state index contributed by atoms with van der Waals surface area (Å²) in [5, 5.41) is 21.5. The number of benzene rings is 1. The number of aromatic nitrogens is 6. The van der Waals surface area contributed by atoms with Gasteiger partial charge in [-0.05, 0) is 17.7 Å². The molecule has 1 aromatic carbocycles. The Labute approximate surface area is 173 Å². The summed E-state index contributed by atoms with van der Waals surface area (Å²) in [6.45, 7) is 0.936. The van der Waals surface area contributed by atoms with E-state index in [2.05, 4.69) is 25.5 Å². The molecule has 4 aromatic heterocycles. The first-order chi connectivity index (χ1) is 14.7. The first kappa shape index (κ1) is 17.2. The summed E-state index contributed by atoms with van der Waals surface area (Å²) in [7, 11) is 1.88. The van der Waals surface area contributed by atoms with E-state index in [9.17, 15) is 4.79 Å². The van der Waals surface area contributed by atoms with Crippen molar-refractivity contribution in [1.29, 1.82) is 0 Å². The molecule has 9 nitrogen and oxygen atoms in total. The van der Waals surface area contributed by atoms with E-state index >= 15 is 0 Å². The van der Waals surface area contributed by atoms with Crippen molar-refractivity contribution in [2.24, 2.45) is 17.3 Å².